The summed E-state index contributed by atoms with van der Waals surface area (Å²) in [6, 6.07) is 7.57. The van der Waals surface area contributed by atoms with E-state index in [1.807, 2.05) is 29.2 Å². The Balaban J connectivity index is 1.82. The van der Waals surface area contributed by atoms with Crippen LogP contribution in [0, 0.1) is 11.8 Å². The van der Waals surface area contributed by atoms with Crippen LogP contribution in [-0.4, -0.2) is 29.8 Å². The topological polar surface area (TPSA) is 49.4 Å². The van der Waals surface area contributed by atoms with Crippen LogP contribution in [0.3, 0.4) is 0 Å². The molecule has 1 heterocycles. The van der Waals surface area contributed by atoms with Gasteiger partial charge in [0.25, 0.3) is 0 Å². The Bertz CT molecular complexity index is 520. The van der Waals surface area contributed by atoms with Gasteiger partial charge in [0.1, 0.15) is 0 Å². The Kier molecular flexibility index (Phi) is 6.00. The number of nitrogens with one attached hydrogen (secondary N) is 1. The molecule has 0 radical (unpaired) electrons. The lowest BCUT2D eigenvalue weighted by molar-refractivity contribution is -0.135. The lowest BCUT2D eigenvalue weighted by Gasteiger charge is -2.31. The molecule has 1 aliphatic rings. The normalized spacial score (nSPS) is 15.9. The van der Waals surface area contributed by atoms with E-state index in [0.29, 0.717) is 25.4 Å². The molecule has 0 atom stereocenters. The van der Waals surface area contributed by atoms with Crippen molar-refractivity contribution in [2.45, 2.75) is 33.1 Å². The van der Waals surface area contributed by atoms with Crippen molar-refractivity contribution in [3.05, 3.63) is 28.7 Å². The average Bonchev–Trinajstić information content (AvgIpc) is 2.49. The van der Waals surface area contributed by atoms with Crippen LogP contribution in [0.15, 0.2) is 28.7 Å². The summed E-state index contributed by atoms with van der Waals surface area (Å²) in [4.78, 5) is 26.2. The van der Waals surface area contributed by atoms with Crippen LogP contribution in [0.25, 0.3) is 0 Å². The van der Waals surface area contributed by atoms with Gasteiger partial charge in [0, 0.05) is 35.6 Å². The number of halogens is 1. The van der Waals surface area contributed by atoms with Crippen LogP contribution in [0.5, 0.6) is 0 Å². The molecule has 2 rings (SSSR count). The van der Waals surface area contributed by atoms with Crippen LogP contribution in [0.1, 0.15) is 33.1 Å². The fourth-order valence-electron chi connectivity index (χ4n) is 2.65. The third-order valence-corrected chi connectivity index (χ3v) is 4.44. The van der Waals surface area contributed by atoms with E-state index in [4.69, 9.17) is 0 Å². The quantitative estimate of drug-likeness (QED) is 0.883. The molecule has 2 amide bonds. The Morgan fingerprint density at radius 2 is 1.82 bits per heavy atom. The van der Waals surface area contributed by atoms with Gasteiger partial charge in [-0.3, -0.25) is 9.59 Å². The molecule has 5 heteroatoms. The van der Waals surface area contributed by atoms with Crippen molar-refractivity contribution in [2.75, 3.05) is 18.4 Å². The smallest absolute Gasteiger partial charge is 0.227 e. The number of benzene rings is 1. The highest BCUT2D eigenvalue weighted by Crippen LogP contribution is 2.21. The van der Waals surface area contributed by atoms with E-state index in [2.05, 4.69) is 35.1 Å². The molecule has 1 aromatic carbocycles. The van der Waals surface area contributed by atoms with Gasteiger partial charge in [0.2, 0.25) is 11.8 Å². The van der Waals surface area contributed by atoms with Crippen LogP contribution >= 0.6 is 15.9 Å². The predicted octanol–water partition coefficient (Wildman–Crippen LogP) is 3.67. The molecular formula is C17H23BrN2O2. The molecule has 120 valence electrons. The van der Waals surface area contributed by atoms with E-state index >= 15 is 0 Å². The maximum Gasteiger partial charge on any atom is 0.227 e. The monoisotopic (exact) mass is 366 g/mol. The third-order valence-electron chi connectivity index (χ3n) is 3.91. The van der Waals surface area contributed by atoms with Crippen molar-refractivity contribution in [3.8, 4) is 0 Å². The van der Waals surface area contributed by atoms with Gasteiger partial charge in [-0.2, -0.15) is 0 Å². The van der Waals surface area contributed by atoms with E-state index in [9.17, 15) is 9.59 Å². The molecule has 0 saturated carbocycles. The van der Waals surface area contributed by atoms with Gasteiger partial charge < -0.3 is 10.2 Å². The Morgan fingerprint density at radius 3 is 2.36 bits per heavy atom. The van der Waals surface area contributed by atoms with Gasteiger partial charge >= 0.3 is 0 Å². The average molecular weight is 367 g/mol. The largest absolute Gasteiger partial charge is 0.343 e. The highest BCUT2D eigenvalue weighted by Gasteiger charge is 2.27. The lowest BCUT2D eigenvalue weighted by atomic mass is 9.95. The zero-order valence-corrected chi connectivity index (χ0v) is 14.7. The van der Waals surface area contributed by atoms with Crippen molar-refractivity contribution in [1.29, 1.82) is 0 Å². The van der Waals surface area contributed by atoms with Crippen molar-refractivity contribution in [1.82, 2.24) is 4.90 Å². The number of rotatable bonds is 4. The van der Waals surface area contributed by atoms with Gasteiger partial charge in [-0.15, -0.1) is 0 Å². The number of carbonyl (C=O) groups excluding carboxylic acids is 2. The Labute approximate surface area is 140 Å². The molecule has 1 aliphatic heterocycles. The third kappa shape index (κ3) is 4.83. The minimum Gasteiger partial charge on any atom is -0.343 e. The first-order valence-corrected chi connectivity index (χ1v) is 8.59. The number of amides is 2. The van der Waals surface area contributed by atoms with E-state index in [1.165, 1.54) is 0 Å². The molecule has 1 saturated heterocycles. The number of hydrogen-bond donors (Lipinski definition) is 1. The molecule has 0 spiro atoms. The second kappa shape index (κ2) is 7.77. The summed E-state index contributed by atoms with van der Waals surface area (Å²) in [6.45, 7) is 5.47. The van der Waals surface area contributed by atoms with Gasteiger partial charge in [-0.1, -0.05) is 29.8 Å². The first kappa shape index (κ1) is 17.0. The molecule has 1 aromatic rings. The summed E-state index contributed by atoms with van der Waals surface area (Å²) in [6.07, 6.45) is 2.08. The fraction of sp³-hybridized carbons (Fsp3) is 0.529. The van der Waals surface area contributed by atoms with Gasteiger partial charge in [-0.25, -0.2) is 0 Å². The summed E-state index contributed by atoms with van der Waals surface area (Å²) in [5, 5.41) is 2.95. The maximum atomic E-state index is 12.3. The van der Waals surface area contributed by atoms with Crippen molar-refractivity contribution in [3.63, 3.8) is 0 Å². The lowest BCUT2D eigenvalue weighted by Crippen LogP contribution is -2.41. The number of likely N-dealkylation sites (tertiary alicyclic amines) is 1. The molecule has 0 unspecified atom stereocenters. The van der Waals surface area contributed by atoms with Crippen LogP contribution in [-0.2, 0) is 9.59 Å². The first-order valence-electron chi connectivity index (χ1n) is 7.80. The number of hydrogen-bond acceptors (Lipinski definition) is 2. The summed E-state index contributed by atoms with van der Waals surface area (Å²) in [5.74, 6) is 0.637. The number of nitrogens with zero attached hydrogens (tertiary/aromatic N) is 1. The maximum absolute atomic E-state index is 12.3. The molecule has 0 aromatic heterocycles. The second-order valence-corrected chi connectivity index (χ2v) is 7.16. The van der Waals surface area contributed by atoms with Crippen molar-refractivity contribution >= 4 is 33.4 Å². The van der Waals surface area contributed by atoms with Gasteiger partial charge in [0.15, 0.2) is 0 Å². The number of anilines is 1. The van der Waals surface area contributed by atoms with E-state index in [-0.39, 0.29) is 17.7 Å². The second-order valence-electron chi connectivity index (χ2n) is 6.25. The van der Waals surface area contributed by atoms with E-state index in [0.717, 1.165) is 23.0 Å². The Morgan fingerprint density at radius 1 is 1.23 bits per heavy atom. The zero-order valence-electron chi connectivity index (χ0n) is 13.1. The highest BCUT2D eigenvalue weighted by atomic mass is 79.9. The minimum atomic E-state index is -0.00764. The van der Waals surface area contributed by atoms with Crippen LogP contribution in [0.4, 0.5) is 5.69 Å². The van der Waals surface area contributed by atoms with Gasteiger partial charge in [0.05, 0.1) is 0 Å². The summed E-state index contributed by atoms with van der Waals surface area (Å²) < 4.78 is 0.988. The highest BCUT2D eigenvalue weighted by molar-refractivity contribution is 9.10. The molecule has 0 bridgehead atoms. The standard InChI is InChI=1S/C17H23BrN2O2/c1-12(2)11-16(21)20-9-7-13(8-10-20)17(22)19-15-5-3-14(18)4-6-15/h3-6,12-13H,7-11H2,1-2H3,(H,19,22). The molecule has 1 N–H and O–H groups in total. The van der Waals surface area contributed by atoms with Crippen LogP contribution in [0.2, 0.25) is 0 Å². The van der Waals surface area contributed by atoms with Gasteiger partial charge in [-0.05, 0) is 43.0 Å². The van der Waals surface area contributed by atoms with E-state index in [1.54, 1.807) is 0 Å². The summed E-state index contributed by atoms with van der Waals surface area (Å²) in [5.41, 5.74) is 0.812. The van der Waals surface area contributed by atoms with E-state index < -0.39 is 0 Å². The molecule has 1 fully saturated rings. The SMILES string of the molecule is CC(C)CC(=O)N1CCC(C(=O)Nc2ccc(Br)cc2)CC1. The number of piperidine rings is 1. The first-order chi connectivity index (χ1) is 10.5. The van der Waals surface area contributed by atoms with Crippen LogP contribution < -0.4 is 5.32 Å². The number of carbonyl (C=O) groups is 2. The zero-order chi connectivity index (χ0) is 16.1. The molecule has 0 aliphatic carbocycles. The molecule has 4 nitrogen and oxygen atoms in total. The van der Waals surface area contributed by atoms with Crippen molar-refractivity contribution in [2.24, 2.45) is 11.8 Å². The fourth-order valence-corrected chi connectivity index (χ4v) is 2.91. The van der Waals surface area contributed by atoms with Crippen molar-refractivity contribution < 1.29 is 9.59 Å². The summed E-state index contributed by atoms with van der Waals surface area (Å²) in [7, 11) is 0. The predicted molar refractivity (Wildman–Crippen MR) is 91.5 cm³/mol. The minimum absolute atomic E-state index is 0.00764. The Hall–Kier alpha value is -1.36. The molecule has 22 heavy (non-hydrogen) atoms. The summed E-state index contributed by atoms with van der Waals surface area (Å²) >= 11 is 3.38. The molecular weight excluding hydrogens is 344 g/mol.